The summed E-state index contributed by atoms with van der Waals surface area (Å²) >= 11 is 0. The van der Waals surface area contributed by atoms with E-state index in [0.717, 1.165) is 12.1 Å². The summed E-state index contributed by atoms with van der Waals surface area (Å²) in [6, 6.07) is 1.73. The van der Waals surface area contributed by atoms with Crippen LogP contribution in [0.3, 0.4) is 0 Å². The molecule has 0 aliphatic carbocycles. The van der Waals surface area contributed by atoms with E-state index in [2.05, 4.69) is 61.1 Å². The van der Waals surface area contributed by atoms with E-state index in [0.29, 0.717) is 11.1 Å². The third-order valence-corrected chi connectivity index (χ3v) is 7.32. The molecule has 0 aromatic rings. The quantitative estimate of drug-likeness (QED) is 0.639. The standard InChI is InChI=1S/C12H24N2.C11H22N2/c1-12(2,3)14-9-8-13-7-5-4-6-11(13)10-14;1-11(2,3)13-8-7-12-6-4-5-10(12)9-13/h11H,4-10H2,1-3H3;10H,4-9H2,1-3H3. The van der Waals surface area contributed by atoms with Gasteiger partial charge in [-0.1, -0.05) is 6.42 Å². The molecule has 0 aromatic heterocycles. The van der Waals surface area contributed by atoms with E-state index in [9.17, 15) is 0 Å². The Kier molecular flexibility index (Phi) is 6.93. The zero-order chi connectivity index (χ0) is 19.7. The van der Waals surface area contributed by atoms with Crippen LogP contribution in [-0.2, 0) is 0 Å². The lowest BCUT2D eigenvalue weighted by Gasteiger charge is -2.48. The van der Waals surface area contributed by atoms with Crippen molar-refractivity contribution in [1.29, 1.82) is 0 Å². The third-order valence-electron chi connectivity index (χ3n) is 7.32. The van der Waals surface area contributed by atoms with E-state index in [-0.39, 0.29) is 0 Å². The summed E-state index contributed by atoms with van der Waals surface area (Å²) in [6.07, 6.45) is 7.13. The summed E-state index contributed by atoms with van der Waals surface area (Å²) in [5, 5.41) is 0. The molecule has 4 rings (SSSR count). The molecular weight excluding hydrogens is 332 g/mol. The smallest absolute Gasteiger partial charge is 0.0224 e. The van der Waals surface area contributed by atoms with Crippen LogP contribution >= 0.6 is 0 Å². The van der Waals surface area contributed by atoms with Gasteiger partial charge in [0, 0.05) is 62.4 Å². The molecule has 0 saturated carbocycles. The van der Waals surface area contributed by atoms with E-state index in [1.54, 1.807) is 0 Å². The zero-order valence-corrected chi connectivity index (χ0v) is 19.1. The molecule has 4 heteroatoms. The first kappa shape index (κ1) is 21.5. The van der Waals surface area contributed by atoms with Crippen molar-refractivity contribution in [2.75, 3.05) is 52.4 Å². The molecule has 0 bridgehead atoms. The summed E-state index contributed by atoms with van der Waals surface area (Å²) < 4.78 is 0. The molecular formula is C23H46N4. The second kappa shape index (κ2) is 8.69. The number of piperazine rings is 2. The van der Waals surface area contributed by atoms with Crippen molar-refractivity contribution >= 4 is 0 Å². The van der Waals surface area contributed by atoms with Crippen molar-refractivity contribution in [1.82, 2.24) is 19.6 Å². The molecule has 0 aromatic carbocycles. The van der Waals surface area contributed by atoms with E-state index < -0.39 is 0 Å². The SMILES string of the molecule is CC(C)(C)N1CCN2CCCC2C1.CC(C)(C)N1CCN2CCCCC2C1. The van der Waals surface area contributed by atoms with Crippen LogP contribution in [0.25, 0.3) is 0 Å². The second-order valence-electron chi connectivity index (χ2n) is 11.3. The van der Waals surface area contributed by atoms with Crippen LogP contribution < -0.4 is 0 Å². The highest BCUT2D eigenvalue weighted by Gasteiger charge is 2.35. The van der Waals surface area contributed by atoms with Gasteiger partial charge in [-0.25, -0.2) is 0 Å². The minimum absolute atomic E-state index is 0.365. The monoisotopic (exact) mass is 378 g/mol. The minimum Gasteiger partial charge on any atom is -0.298 e. The van der Waals surface area contributed by atoms with Crippen molar-refractivity contribution < 1.29 is 0 Å². The molecule has 2 atom stereocenters. The van der Waals surface area contributed by atoms with Crippen LogP contribution in [-0.4, -0.2) is 95.1 Å². The number of piperidine rings is 1. The van der Waals surface area contributed by atoms with Gasteiger partial charge >= 0.3 is 0 Å². The largest absolute Gasteiger partial charge is 0.298 e. The van der Waals surface area contributed by atoms with E-state index in [1.165, 1.54) is 84.5 Å². The lowest BCUT2D eigenvalue weighted by Crippen LogP contribution is -2.59. The van der Waals surface area contributed by atoms with Crippen LogP contribution in [0.1, 0.15) is 73.6 Å². The molecule has 4 nitrogen and oxygen atoms in total. The summed E-state index contributed by atoms with van der Waals surface area (Å²) in [5.41, 5.74) is 0.734. The predicted molar refractivity (Wildman–Crippen MR) is 116 cm³/mol. The van der Waals surface area contributed by atoms with E-state index in [4.69, 9.17) is 0 Å². The Bertz CT molecular complexity index is 464. The van der Waals surface area contributed by atoms with Crippen molar-refractivity contribution in [2.45, 2.75) is 96.8 Å². The van der Waals surface area contributed by atoms with Crippen molar-refractivity contribution in [3.63, 3.8) is 0 Å². The number of hydrogen-bond acceptors (Lipinski definition) is 4. The first-order valence-electron chi connectivity index (χ1n) is 11.6. The maximum atomic E-state index is 2.70. The average Bonchev–Trinajstić information content (AvgIpc) is 3.08. The molecule has 27 heavy (non-hydrogen) atoms. The van der Waals surface area contributed by atoms with Crippen LogP contribution in [0.15, 0.2) is 0 Å². The molecule has 0 spiro atoms. The highest BCUT2D eigenvalue weighted by atomic mass is 15.3. The van der Waals surface area contributed by atoms with Crippen LogP contribution in [0.4, 0.5) is 0 Å². The van der Waals surface area contributed by atoms with Crippen LogP contribution in [0, 0.1) is 0 Å². The molecule has 0 N–H and O–H groups in total. The molecule has 2 unspecified atom stereocenters. The van der Waals surface area contributed by atoms with Crippen molar-refractivity contribution in [2.24, 2.45) is 0 Å². The molecule has 158 valence electrons. The van der Waals surface area contributed by atoms with Gasteiger partial charge in [0.15, 0.2) is 0 Å². The fourth-order valence-corrected chi connectivity index (χ4v) is 5.37. The normalized spacial score (nSPS) is 31.8. The van der Waals surface area contributed by atoms with Gasteiger partial charge in [0.1, 0.15) is 0 Å². The molecule has 0 radical (unpaired) electrons. The lowest BCUT2D eigenvalue weighted by atomic mass is 9.96. The van der Waals surface area contributed by atoms with Gasteiger partial charge in [0.2, 0.25) is 0 Å². The highest BCUT2D eigenvalue weighted by Crippen LogP contribution is 2.26. The first-order valence-corrected chi connectivity index (χ1v) is 11.6. The molecule has 4 fully saturated rings. The molecule has 4 aliphatic heterocycles. The molecule has 4 aliphatic rings. The average molecular weight is 379 g/mol. The lowest BCUT2D eigenvalue weighted by molar-refractivity contribution is 0.00573. The van der Waals surface area contributed by atoms with Gasteiger partial charge < -0.3 is 0 Å². The Morgan fingerprint density at radius 3 is 1.44 bits per heavy atom. The van der Waals surface area contributed by atoms with Crippen molar-refractivity contribution in [3.8, 4) is 0 Å². The summed E-state index contributed by atoms with van der Waals surface area (Å²) in [5.74, 6) is 0. The fraction of sp³-hybridized carbons (Fsp3) is 1.00. The summed E-state index contributed by atoms with van der Waals surface area (Å²) in [6.45, 7) is 24.4. The molecule has 4 saturated heterocycles. The Balaban J connectivity index is 0.000000156. The van der Waals surface area contributed by atoms with E-state index >= 15 is 0 Å². The minimum atomic E-state index is 0.365. The summed E-state index contributed by atoms with van der Waals surface area (Å²) in [7, 11) is 0. The molecule has 4 heterocycles. The van der Waals surface area contributed by atoms with Gasteiger partial charge in [-0.05, 0) is 80.3 Å². The number of rotatable bonds is 0. The van der Waals surface area contributed by atoms with Gasteiger partial charge in [-0.2, -0.15) is 0 Å². The number of fused-ring (bicyclic) bond motifs is 2. The van der Waals surface area contributed by atoms with Gasteiger partial charge in [-0.15, -0.1) is 0 Å². The Hall–Kier alpha value is -0.160. The zero-order valence-electron chi connectivity index (χ0n) is 19.1. The Labute approximate surface area is 169 Å². The summed E-state index contributed by atoms with van der Waals surface area (Å²) in [4.78, 5) is 10.7. The topological polar surface area (TPSA) is 13.0 Å². The fourth-order valence-electron chi connectivity index (χ4n) is 5.37. The van der Waals surface area contributed by atoms with Crippen molar-refractivity contribution in [3.05, 3.63) is 0 Å². The Morgan fingerprint density at radius 1 is 0.519 bits per heavy atom. The number of nitrogens with zero attached hydrogens (tertiary/aromatic N) is 4. The predicted octanol–water partition coefficient (Wildman–Crippen LogP) is 3.52. The second-order valence-corrected chi connectivity index (χ2v) is 11.3. The maximum absolute atomic E-state index is 2.70. The molecule has 0 amide bonds. The first-order chi connectivity index (χ1) is 12.6. The van der Waals surface area contributed by atoms with Gasteiger partial charge in [0.05, 0.1) is 0 Å². The maximum Gasteiger partial charge on any atom is 0.0224 e. The number of hydrogen-bond donors (Lipinski definition) is 0. The van der Waals surface area contributed by atoms with Crippen LogP contribution in [0.2, 0.25) is 0 Å². The van der Waals surface area contributed by atoms with Crippen LogP contribution in [0.5, 0.6) is 0 Å². The van der Waals surface area contributed by atoms with E-state index in [1.807, 2.05) is 0 Å². The Morgan fingerprint density at radius 2 is 0.963 bits per heavy atom. The third kappa shape index (κ3) is 5.68. The van der Waals surface area contributed by atoms with Gasteiger partial charge in [-0.3, -0.25) is 19.6 Å². The highest BCUT2D eigenvalue weighted by molar-refractivity contribution is 4.91. The van der Waals surface area contributed by atoms with Gasteiger partial charge in [0.25, 0.3) is 0 Å².